The second-order valence-corrected chi connectivity index (χ2v) is 8.82. The van der Waals surface area contributed by atoms with Crippen molar-refractivity contribution in [1.82, 2.24) is 14.6 Å². The number of aliphatic hydroxyl groups excluding tert-OH is 1. The van der Waals surface area contributed by atoms with Gasteiger partial charge in [0.15, 0.2) is 11.4 Å². The SMILES string of the molecule is O[C@H]1CCCC[C@]12CC2CCc1ccc2ncc(-c3cc4ccccc4o3)n2n1. The molecule has 3 atom stereocenters. The van der Waals surface area contributed by atoms with E-state index in [4.69, 9.17) is 9.52 Å². The first-order valence-electron chi connectivity index (χ1n) is 10.7. The van der Waals surface area contributed by atoms with Crippen LogP contribution < -0.4 is 0 Å². The lowest BCUT2D eigenvalue weighted by molar-refractivity contribution is 0.0438. The molecule has 3 aromatic heterocycles. The summed E-state index contributed by atoms with van der Waals surface area (Å²) in [5.41, 5.74) is 3.87. The number of benzene rings is 1. The van der Waals surface area contributed by atoms with E-state index >= 15 is 0 Å². The third kappa shape index (κ3) is 2.79. The summed E-state index contributed by atoms with van der Waals surface area (Å²) in [6, 6.07) is 14.2. The Morgan fingerprint density at radius 2 is 2.10 bits per heavy atom. The van der Waals surface area contributed by atoms with Crippen LogP contribution in [0.2, 0.25) is 0 Å². The summed E-state index contributed by atoms with van der Waals surface area (Å²) in [4.78, 5) is 4.50. The first-order chi connectivity index (χ1) is 14.2. The van der Waals surface area contributed by atoms with E-state index in [1.165, 1.54) is 25.7 Å². The van der Waals surface area contributed by atoms with Gasteiger partial charge in [-0.1, -0.05) is 31.0 Å². The fourth-order valence-electron chi connectivity index (χ4n) is 5.39. The van der Waals surface area contributed by atoms with Crippen molar-refractivity contribution in [2.45, 2.75) is 51.0 Å². The number of para-hydroxylation sites is 1. The number of rotatable bonds is 4. The number of hydrogen-bond acceptors (Lipinski definition) is 4. The van der Waals surface area contributed by atoms with Crippen LogP contribution in [0.3, 0.4) is 0 Å². The van der Waals surface area contributed by atoms with Crippen LogP contribution in [0, 0.1) is 11.3 Å². The van der Waals surface area contributed by atoms with E-state index in [1.54, 1.807) is 0 Å². The molecule has 2 saturated carbocycles. The molecule has 1 unspecified atom stereocenters. The first kappa shape index (κ1) is 17.2. The molecule has 0 radical (unpaired) electrons. The van der Waals surface area contributed by atoms with Crippen LogP contribution in [-0.2, 0) is 6.42 Å². The Labute approximate surface area is 169 Å². The maximum Gasteiger partial charge on any atom is 0.155 e. The lowest BCUT2D eigenvalue weighted by Crippen LogP contribution is -2.27. The molecule has 6 rings (SSSR count). The van der Waals surface area contributed by atoms with E-state index in [0.29, 0.717) is 5.92 Å². The zero-order valence-electron chi connectivity index (χ0n) is 16.4. The lowest BCUT2D eigenvalue weighted by atomic mass is 9.81. The van der Waals surface area contributed by atoms with Gasteiger partial charge in [-0.05, 0) is 67.7 Å². The average Bonchev–Trinajstić information content (AvgIpc) is 3.08. The Balaban J connectivity index is 1.25. The molecule has 2 fully saturated rings. The molecular formula is C24H25N3O2. The zero-order chi connectivity index (χ0) is 19.4. The lowest BCUT2D eigenvalue weighted by Gasteiger charge is -2.29. The van der Waals surface area contributed by atoms with Crippen LogP contribution in [-0.4, -0.2) is 25.8 Å². The monoisotopic (exact) mass is 387 g/mol. The quantitative estimate of drug-likeness (QED) is 0.534. The molecule has 3 heterocycles. The number of hydrogen-bond donors (Lipinski definition) is 1. The summed E-state index contributed by atoms with van der Waals surface area (Å²) in [6.07, 6.45) is 9.60. The molecule has 2 aliphatic rings. The molecule has 0 bridgehead atoms. The predicted octanol–water partition coefficient (Wildman–Crippen LogP) is 5.02. The molecule has 1 N–H and O–H groups in total. The number of aliphatic hydroxyl groups is 1. The first-order valence-corrected chi connectivity index (χ1v) is 10.7. The summed E-state index contributed by atoms with van der Waals surface area (Å²) in [5, 5.41) is 16.4. The van der Waals surface area contributed by atoms with Crippen LogP contribution in [0.1, 0.15) is 44.2 Å². The van der Waals surface area contributed by atoms with E-state index in [2.05, 4.69) is 17.1 Å². The second-order valence-electron chi connectivity index (χ2n) is 8.82. The van der Waals surface area contributed by atoms with E-state index < -0.39 is 0 Å². The van der Waals surface area contributed by atoms with Crippen LogP contribution >= 0.6 is 0 Å². The highest BCUT2D eigenvalue weighted by molar-refractivity contribution is 5.82. The number of furan rings is 1. The molecule has 0 aliphatic heterocycles. The van der Waals surface area contributed by atoms with Gasteiger partial charge < -0.3 is 9.52 Å². The van der Waals surface area contributed by atoms with Crippen molar-refractivity contribution in [1.29, 1.82) is 0 Å². The number of aryl methyl sites for hydroxylation is 1. The Morgan fingerprint density at radius 1 is 1.17 bits per heavy atom. The molecule has 0 saturated heterocycles. The number of imidazole rings is 1. The summed E-state index contributed by atoms with van der Waals surface area (Å²) < 4.78 is 7.92. The van der Waals surface area contributed by atoms with E-state index in [9.17, 15) is 5.11 Å². The van der Waals surface area contributed by atoms with Gasteiger partial charge in [0.25, 0.3) is 0 Å². The second kappa shape index (κ2) is 6.42. The van der Waals surface area contributed by atoms with E-state index in [0.717, 1.165) is 53.0 Å². The number of aromatic nitrogens is 3. The Hall–Kier alpha value is -2.66. The van der Waals surface area contributed by atoms with Gasteiger partial charge in [-0.2, -0.15) is 5.10 Å². The van der Waals surface area contributed by atoms with Gasteiger partial charge in [-0.3, -0.25) is 0 Å². The molecule has 0 amide bonds. The van der Waals surface area contributed by atoms with Crippen molar-refractivity contribution in [3.05, 3.63) is 54.4 Å². The molecule has 1 spiro atoms. The minimum absolute atomic E-state index is 0.0926. The van der Waals surface area contributed by atoms with Gasteiger partial charge in [0.05, 0.1) is 18.0 Å². The topological polar surface area (TPSA) is 63.6 Å². The highest BCUT2D eigenvalue weighted by Gasteiger charge is 2.58. The molecule has 2 aliphatic carbocycles. The fraction of sp³-hybridized carbons (Fsp3) is 0.417. The molecule has 5 heteroatoms. The Morgan fingerprint density at radius 3 is 3.00 bits per heavy atom. The maximum absolute atomic E-state index is 10.5. The number of fused-ring (bicyclic) bond motifs is 2. The summed E-state index contributed by atoms with van der Waals surface area (Å²) in [6.45, 7) is 0. The standard InChI is InChI=1S/C24H25N3O2/c28-22-7-3-4-12-24(22)14-17(24)8-9-18-10-11-23-25-15-19(27(23)26-18)21-13-16-5-1-2-6-20(16)29-21/h1-2,5-6,10-11,13,15,17,22,28H,3-4,7-9,12,14H2/t17?,22-,24+/m0/s1. The maximum atomic E-state index is 10.5. The van der Waals surface area contributed by atoms with Crippen molar-refractivity contribution in [2.24, 2.45) is 11.3 Å². The van der Waals surface area contributed by atoms with Crippen LogP contribution in [0.15, 0.2) is 53.1 Å². The van der Waals surface area contributed by atoms with Gasteiger partial charge in [-0.25, -0.2) is 9.50 Å². The third-order valence-electron chi connectivity index (χ3n) is 7.16. The molecule has 148 valence electrons. The third-order valence-corrected chi connectivity index (χ3v) is 7.16. The smallest absolute Gasteiger partial charge is 0.155 e. The van der Waals surface area contributed by atoms with Gasteiger partial charge in [0, 0.05) is 5.39 Å². The van der Waals surface area contributed by atoms with Gasteiger partial charge in [0.1, 0.15) is 11.3 Å². The van der Waals surface area contributed by atoms with Crippen molar-refractivity contribution in [2.75, 3.05) is 0 Å². The van der Waals surface area contributed by atoms with Gasteiger partial charge in [-0.15, -0.1) is 0 Å². The van der Waals surface area contributed by atoms with E-state index in [1.807, 2.05) is 41.0 Å². The fourth-order valence-corrected chi connectivity index (χ4v) is 5.39. The normalized spacial score (nSPS) is 26.5. The minimum Gasteiger partial charge on any atom is -0.454 e. The minimum atomic E-state index is -0.0926. The molecule has 29 heavy (non-hydrogen) atoms. The van der Waals surface area contributed by atoms with Crippen molar-refractivity contribution in [3.63, 3.8) is 0 Å². The van der Waals surface area contributed by atoms with E-state index in [-0.39, 0.29) is 11.5 Å². The zero-order valence-corrected chi connectivity index (χ0v) is 16.4. The predicted molar refractivity (Wildman–Crippen MR) is 112 cm³/mol. The molecule has 4 aromatic rings. The highest BCUT2D eigenvalue weighted by atomic mass is 16.3. The molecule has 5 nitrogen and oxygen atoms in total. The Bertz CT molecular complexity index is 1160. The molecule has 1 aromatic carbocycles. The molecular weight excluding hydrogens is 362 g/mol. The van der Waals surface area contributed by atoms with Crippen molar-refractivity contribution >= 4 is 16.6 Å². The average molecular weight is 387 g/mol. The van der Waals surface area contributed by atoms with Gasteiger partial charge >= 0.3 is 0 Å². The summed E-state index contributed by atoms with van der Waals surface area (Å²) >= 11 is 0. The summed E-state index contributed by atoms with van der Waals surface area (Å²) in [7, 11) is 0. The summed E-state index contributed by atoms with van der Waals surface area (Å²) in [5.74, 6) is 1.43. The largest absolute Gasteiger partial charge is 0.454 e. The van der Waals surface area contributed by atoms with Crippen molar-refractivity contribution in [3.8, 4) is 11.5 Å². The number of nitrogens with zero attached hydrogens (tertiary/aromatic N) is 3. The van der Waals surface area contributed by atoms with Crippen LogP contribution in [0.5, 0.6) is 0 Å². The Kier molecular flexibility index (Phi) is 3.81. The van der Waals surface area contributed by atoms with Crippen LogP contribution in [0.25, 0.3) is 28.1 Å². The van der Waals surface area contributed by atoms with Crippen LogP contribution in [0.4, 0.5) is 0 Å². The highest BCUT2D eigenvalue weighted by Crippen LogP contribution is 2.62. The van der Waals surface area contributed by atoms with Crippen molar-refractivity contribution < 1.29 is 9.52 Å². The van der Waals surface area contributed by atoms with Gasteiger partial charge in [0.2, 0.25) is 0 Å².